The largest absolute Gasteiger partial charge is 0.388 e. The van der Waals surface area contributed by atoms with E-state index in [-0.39, 0.29) is 6.10 Å². The molecule has 0 amide bonds. The molecule has 1 aromatic carbocycles. The molecule has 3 unspecified atom stereocenters. The maximum absolute atomic E-state index is 10.4. The second-order valence-electron chi connectivity index (χ2n) is 4.97. The summed E-state index contributed by atoms with van der Waals surface area (Å²) in [5.74, 6) is 0.959. The summed E-state index contributed by atoms with van der Waals surface area (Å²) < 4.78 is 5.44. The molecular formula is C14H18O2. The maximum atomic E-state index is 10.4. The topological polar surface area (TPSA) is 29.5 Å². The summed E-state index contributed by atoms with van der Waals surface area (Å²) in [6, 6.07) is 8.29. The highest BCUT2D eigenvalue weighted by molar-refractivity contribution is 5.32. The van der Waals surface area contributed by atoms with Crippen molar-refractivity contribution in [2.45, 2.75) is 25.4 Å². The number of ether oxygens (including phenoxy) is 1. The molecule has 86 valence electrons. The average molecular weight is 218 g/mol. The summed E-state index contributed by atoms with van der Waals surface area (Å²) in [4.78, 5) is 0. The third kappa shape index (κ3) is 1.66. The first-order valence-corrected chi connectivity index (χ1v) is 6.20. The van der Waals surface area contributed by atoms with Crippen LogP contribution in [0.1, 0.15) is 30.1 Å². The molecule has 1 aliphatic carbocycles. The fourth-order valence-corrected chi connectivity index (χ4v) is 3.15. The standard InChI is InChI=1S/C14H18O2/c15-14-12-4-2-1-3-10(12)5-6-13(14)11-7-8-16-9-11/h1-4,11,13-15H,5-9H2. The number of fused-ring (bicyclic) bond motifs is 1. The van der Waals surface area contributed by atoms with Crippen molar-refractivity contribution in [3.05, 3.63) is 35.4 Å². The van der Waals surface area contributed by atoms with Gasteiger partial charge in [-0.05, 0) is 42.2 Å². The van der Waals surface area contributed by atoms with Crippen LogP contribution in [-0.4, -0.2) is 18.3 Å². The smallest absolute Gasteiger partial charge is 0.0824 e. The van der Waals surface area contributed by atoms with E-state index >= 15 is 0 Å². The Kier molecular flexibility index (Phi) is 2.70. The Morgan fingerprint density at radius 2 is 2.06 bits per heavy atom. The van der Waals surface area contributed by atoms with Crippen molar-refractivity contribution in [1.29, 1.82) is 0 Å². The molecule has 3 atom stereocenters. The lowest BCUT2D eigenvalue weighted by Crippen LogP contribution is -2.27. The summed E-state index contributed by atoms with van der Waals surface area (Å²) in [5.41, 5.74) is 2.47. The molecule has 2 heteroatoms. The van der Waals surface area contributed by atoms with E-state index in [0.717, 1.165) is 38.0 Å². The molecule has 0 bridgehead atoms. The number of benzene rings is 1. The van der Waals surface area contributed by atoms with Crippen molar-refractivity contribution >= 4 is 0 Å². The summed E-state index contributed by atoms with van der Waals surface area (Å²) in [6.07, 6.45) is 3.04. The molecule has 1 N–H and O–H groups in total. The van der Waals surface area contributed by atoms with Crippen LogP contribution in [0.25, 0.3) is 0 Å². The first-order chi connectivity index (χ1) is 7.86. The van der Waals surface area contributed by atoms with E-state index in [1.54, 1.807) is 0 Å². The van der Waals surface area contributed by atoms with Crippen molar-refractivity contribution in [2.75, 3.05) is 13.2 Å². The van der Waals surface area contributed by atoms with Gasteiger partial charge in [0.1, 0.15) is 0 Å². The van der Waals surface area contributed by atoms with Crippen LogP contribution in [-0.2, 0) is 11.2 Å². The van der Waals surface area contributed by atoms with Gasteiger partial charge in [-0.3, -0.25) is 0 Å². The Balaban J connectivity index is 1.85. The van der Waals surface area contributed by atoms with Gasteiger partial charge in [-0.15, -0.1) is 0 Å². The second-order valence-corrected chi connectivity index (χ2v) is 4.97. The SMILES string of the molecule is OC1c2ccccc2CCC1C1CCOC1. The predicted octanol–water partition coefficient (Wildman–Crippen LogP) is 2.32. The van der Waals surface area contributed by atoms with E-state index in [1.807, 2.05) is 6.07 Å². The zero-order valence-electron chi connectivity index (χ0n) is 9.43. The first kappa shape index (κ1) is 10.3. The molecule has 1 aromatic rings. The highest BCUT2D eigenvalue weighted by atomic mass is 16.5. The van der Waals surface area contributed by atoms with Crippen LogP contribution in [0.3, 0.4) is 0 Å². The molecule has 2 nitrogen and oxygen atoms in total. The third-order valence-electron chi connectivity index (χ3n) is 4.10. The van der Waals surface area contributed by atoms with E-state index in [4.69, 9.17) is 4.74 Å². The number of aliphatic hydroxyl groups excluding tert-OH is 1. The second kappa shape index (κ2) is 4.19. The Morgan fingerprint density at radius 3 is 2.88 bits per heavy atom. The van der Waals surface area contributed by atoms with Crippen LogP contribution in [0.2, 0.25) is 0 Å². The molecule has 2 aliphatic rings. The number of rotatable bonds is 1. The predicted molar refractivity (Wildman–Crippen MR) is 62.1 cm³/mol. The summed E-state index contributed by atoms with van der Waals surface area (Å²) in [6.45, 7) is 1.71. The Hall–Kier alpha value is -0.860. The molecule has 0 radical (unpaired) electrons. The van der Waals surface area contributed by atoms with Crippen LogP contribution in [0.15, 0.2) is 24.3 Å². The molecular weight excluding hydrogens is 200 g/mol. The minimum absolute atomic E-state index is 0.281. The number of hydrogen-bond acceptors (Lipinski definition) is 2. The molecule has 1 saturated heterocycles. The lowest BCUT2D eigenvalue weighted by atomic mass is 9.75. The average Bonchev–Trinajstić information content (AvgIpc) is 2.83. The molecule has 1 fully saturated rings. The number of aryl methyl sites for hydroxylation is 1. The van der Waals surface area contributed by atoms with E-state index < -0.39 is 0 Å². The lowest BCUT2D eigenvalue weighted by Gasteiger charge is -2.33. The minimum Gasteiger partial charge on any atom is -0.388 e. The number of hydrogen-bond donors (Lipinski definition) is 1. The first-order valence-electron chi connectivity index (χ1n) is 6.20. The van der Waals surface area contributed by atoms with Crippen molar-refractivity contribution < 1.29 is 9.84 Å². The Labute approximate surface area is 96.2 Å². The van der Waals surface area contributed by atoms with Crippen molar-refractivity contribution in [3.8, 4) is 0 Å². The van der Waals surface area contributed by atoms with Gasteiger partial charge in [0.15, 0.2) is 0 Å². The van der Waals surface area contributed by atoms with E-state index in [9.17, 15) is 5.11 Å². The molecule has 0 spiro atoms. The number of aliphatic hydroxyl groups is 1. The third-order valence-corrected chi connectivity index (χ3v) is 4.10. The molecule has 1 aliphatic heterocycles. The summed E-state index contributed by atoms with van der Waals surface area (Å²) in [7, 11) is 0. The van der Waals surface area contributed by atoms with E-state index in [0.29, 0.717) is 11.8 Å². The molecule has 1 heterocycles. The monoisotopic (exact) mass is 218 g/mol. The summed E-state index contributed by atoms with van der Waals surface area (Å²) >= 11 is 0. The maximum Gasteiger partial charge on any atom is 0.0824 e. The highest BCUT2D eigenvalue weighted by Gasteiger charge is 2.35. The normalized spacial score (nSPS) is 33.7. The fraction of sp³-hybridized carbons (Fsp3) is 0.571. The highest BCUT2D eigenvalue weighted by Crippen LogP contribution is 2.40. The van der Waals surface area contributed by atoms with Crippen LogP contribution < -0.4 is 0 Å². The van der Waals surface area contributed by atoms with Gasteiger partial charge in [0, 0.05) is 13.2 Å². The van der Waals surface area contributed by atoms with Crippen molar-refractivity contribution in [3.63, 3.8) is 0 Å². The van der Waals surface area contributed by atoms with Crippen LogP contribution >= 0.6 is 0 Å². The van der Waals surface area contributed by atoms with Gasteiger partial charge in [0.25, 0.3) is 0 Å². The Morgan fingerprint density at radius 1 is 1.19 bits per heavy atom. The van der Waals surface area contributed by atoms with Crippen LogP contribution in [0.4, 0.5) is 0 Å². The van der Waals surface area contributed by atoms with Gasteiger partial charge in [-0.1, -0.05) is 24.3 Å². The van der Waals surface area contributed by atoms with Gasteiger partial charge in [0.05, 0.1) is 6.10 Å². The lowest BCUT2D eigenvalue weighted by molar-refractivity contribution is 0.0510. The van der Waals surface area contributed by atoms with Gasteiger partial charge in [-0.25, -0.2) is 0 Å². The zero-order chi connectivity index (χ0) is 11.0. The van der Waals surface area contributed by atoms with Crippen LogP contribution in [0.5, 0.6) is 0 Å². The van der Waals surface area contributed by atoms with Gasteiger partial charge >= 0.3 is 0 Å². The van der Waals surface area contributed by atoms with Crippen molar-refractivity contribution in [2.24, 2.45) is 11.8 Å². The van der Waals surface area contributed by atoms with E-state index in [1.165, 1.54) is 5.56 Å². The van der Waals surface area contributed by atoms with Gasteiger partial charge in [-0.2, -0.15) is 0 Å². The molecule has 0 saturated carbocycles. The van der Waals surface area contributed by atoms with Crippen LogP contribution in [0, 0.1) is 11.8 Å². The van der Waals surface area contributed by atoms with Crippen molar-refractivity contribution in [1.82, 2.24) is 0 Å². The minimum atomic E-state index is -0.281. The van der Waals surface area contributed by atoms with E-state index in [2.05, 4.69) is 18.2 Å². The summed E-state index contributed by atoms with van der Waals surface area (Å²) in [5, 5.41) is 10.4. The molecule has 0 aromatic heterocycles. The quantitative estimate of drug-likeness (QED) is 0.784. The van der Waals surface area contributed by atoms with Gasteiger partial charge < -0.3 is 9.84 Å². The Bertz CT molecular complexity index is 369. The fourth-order valence-electron chi connectivity index (χ4n) is 3.15. The molecule has 3 rings (SSSR count). The van der Waals surface area contributed by atoms with Gasteiger partial charge in [0.2, 0.25) is 0 Å². The zero-order valence-corrected chi connectivity index (χ0v) is 9.43. The molecule has 16 heavy (non-hydrogen) atoms.